The van der Waals surface area contributed by atoms with Gasteiger partial charge in [0.05, 0.1) is 31.5 Å². The van der Waals surface area contributed by atoms with Gasteiger partial charge in [-0.1, -0.05) is 6.92 Å². The Morgan fingerprint density at radius 1 is 1.34 bits per heavy atom. The fraction of sp³-hybridized carbons (Fsp3) is 0.474. The third-order valence-electron chi connectivity index (χ3n) is 4.05. The maximum atomic E-state index is 13.3. The maximum absolute atomic E-state index is 13.3. The van der Waals surface area contributed by atoms with Crippen LogP contribution in [0.1, 0.15) is 45.1 Å². The topological polar surface area (TPSA) is 67.2 Å². The average Bonchev–Trinajstić information content (AvgIpc) is 2.63. The van der Waals surface area contributed by atoms with Crippen LogP contribution in [0.4, 0.5) is 17.6 Å². The van der Waals surface area contributed by atoms with Gasteiger partial charge in [0.15, 0.2) is 5.90 Å². The number of aliphatic imine (C=N–C) groups is 1. The molecule has 0 saturated heterocycles. The van der Waals surface area contributed by atoms with Gasteiger partial charge < -0.3 is 4.74 Å². The molecule has 0 N–H and O–H groups in total. The molecular weight excluding hydrogens is 392 g/mol. The number of hydrogen-bond donors (Lipinski definition) is 0. The Kier molecular flexibility index (Phi) is 7.86. The minimum Gasteiger partial charge on any atom is -0.481 e. The van der Waals surface area contributed by atoms with Gasteiger partial charge in [0.2, 0.25) is 5.91 Å². The summed E-state index contributed by atoms with van der Waals surface area (Å²) in [5.41, 5.74) is 1.89. The number of hydrazone groups is 1. The predicted molar refractivity (Wildman–Crippen MR) is 99.5 cm³/mol. The summed E-state index contributed by atoms with van der Waals surface area (Å²) in [6.07, 6.45) is -0.101. The number of hydrogen-bond acceptors (Lipinski definition) is 5. The Morgan fingerprint density at radius 2 is 2.10 bits per heavy atom. The zero-order chi connectivity index (χ0) is 21.4. The van der Waals surface area contributed by atoms with Crippen LogP contribution in [0.25, 0.3) is 0 Å². The van der Waals surface area contributed by atoms with Gasteiger partial charge in [0.1, 0.15) is 5.82 Å². The summed E-state index contributed by atoms with van der Waals surface area (Å²) in [7, 11) is 0. The second kappa shape index (κ2) is 10.1. The van der Waals surface area contributed by atoms with Gasteiger partial charge in [-0.25, -0.2) is 14.4 Å². The smallest absolute Gasteiger partial charge is 0.392 e. The molecule has 2 rings (SSSR count). The first kappa shape index (κ1) is 22.5. The number of amides is 1. The van der Waals surface area contributed by atoms with Crippen LogP contribution in [0.3, 0.4) is 0 Å². The molecule has 0 unspecified atom stereocenters. The number of ether oxygens (including phenoxy) is 1. The van der Waals surface area contributed by atoms with E-state index in [-0.39, 0.29) is 24.8 Å². The lowest BCUT2D eigenvalue weighted by molar-refractivity contribution is -0.140. The largest absolute Gasteiger partial charge is 0.481 e. The highest BCUT2D eigenvalue weighted by atomic mass is 19.4. The van der Waals surface area contributed by atoms with E-state index in [1.165, 1.54) is 30.4 Å². The minimum atomic E-state index is -4.28. The van der Waals surface area contributed by atoms with Crippen molar-refractivity contribution in [2.45, 2.75) is 52.3 Å². The minimum absolute atomic E-state index is 0.0902. The van der Waals surface area contributed by atoms with Crippen LogP contribution in [-0.4, -0.2) is 40.3 Å². The molecule has 0 radical (unpaired) electrons. The molecule has 0 atom stereocenters. The highest BCUT2D eigenvalue weighted by molar-refractivity contribution is 6.03. The van der Waals surface area contributed by atoms with Crippen LogP contribution < -0.4 is 0 Å². The van der Waals surface area contributed by atoms with Crippen molar-refractivity contribution in [1.29, 1.82) is 0 Å². The Balaban J connectivity index is 2.09. The van der Waals surface area contributed by atoms with Crippen molar-refractivity contribution in [3.63, 3.8) is 0 Å². The van der Waals surface area contributed by atoms with Gasteiger partial charge >= 0.3 is 6.18 Å². The monoisotopic (exact) mass is 414 g/mol. The Hall–Kier alpha value is -2.78. The first-order valence-electron chi connectivity index (χ1n) is 9.08. The van der Waals surface area contributed by atoms with Crippen molar-refractivity contribution < 1.29 is 27.1 Å². The molecule has 10 heteroatoms. The molecule has 1 amide bonds. The fourth-order valence-corrected chi connectivity index (χ4v) is 2.56. The maximum Gasteiger partial charge on any atom is 0.392 e. The van der Waals surface area contributed by atoms with E-state index in [4.69, 9.17) is 4.74 Å². The van der Waals surface area contributed by atoms with Crippen molar-refractivity contribution in [2.24, 2.45) is 10.1 Å². The molecule has 6 nitrogen and oxygen atoms in total. The van der Waals surface area contributed by atoms with Crippen LogP contribution in [0.2, 0.25) is 0 Å². The van der Waals surface area contributed by atoms with Crippen molar-refractivity contribution in [2.75, 3.05) is 6.61 Å². The molecule has 1 aliphatic rings. The summed E-state index contributed by atoms with van der Waals surface area (Å²) in [5, 5.41) is 5.61. The van der Waals surface area contributed by atoms with E-state index in [0.717, 1.165) is 11.8 Å². The predicted octanol–water partition coefficient (Wildman–Crippen LogP) is 4.38. The number of pyridine rings is 1. The Bertz CT molecular complexity index is 819. The SMILES string of the molecule is CC/C(=C\N=C(/C)OCCC(F)(F)F)C1=NN(Cc2cncc(F)c2)C(=O)CC1. The lowest BCUT2D eigenvalue weighted by Gasteiger charge is -2.24. The van der Waals surface area contributed by atoms with Crippen molar-refractivity contribution >= 4 is 17.5 Å². The molecule has 158 valence electrons. The average molecular weight is 414 g/mol. The number of carbonyl (C=O) groups excluding carboxylic acids is 1. The van der Waals surface area contributed by atoms with Gasteiger partial charge in [-0.15, -0.1) is 0 Å². The van der Waals surface area contributed by atoms with E-state index in [1.807, 2.05) is 6.92 Å². The van der Waals surface area contributed by atoms with Crippen molar-refractivity contribution in [1.82, 2.24) is 9.99 Å². The zero-order valence-corrected chi connectivity index (χ0v) is 16.2. The van der Waals surface area contributed by atoms with E-state index in [1.54, 1.807) is 0 Å². The van der Waals surface area contributed by atoms with Crippen LogP contribution in [0.5, 0.6) is 0 Å². The van der Waals surface area contributed by atoms with Gasteiger partial charge in [-0.2, -0.15) is 18.3 Å². The summed E-state index contributed by atoms with van der Waals surface area (Å²) in [4.78, 5) is 20.0. The molecule has 0 saturated carbocycles. The third kappa shape index (κ3) is 7.63. The first-order chi connectivity index (χ1) is 13.7. The first-order valence-corrected chi connectivity index (χ1v) is 9.08. The molecule has 0 aliphatic carbocycles. The van der Waals surface area contributed by atoms with E-state index < -0.39 is 25.0 Å². The van der Waals surface area contributed by atoms with Crippen molar-refractivity contribution in [3.05, 3.63) is 41.6 Å². The van der Waals surface area contributed by atoms with Gasteiger partial charge in [0, 0.05) is 32.2 Å². The molecule has 29 heavy (non-hydrogen) atoms. The summed E-state index contributed by atoms with van der Waals surface area (Å²) < 4.78 is 54.8. The van der Waals surface area contributed by atoms with Gasteiger partial charge in [-0.3, -0.25) is 9.78 Å². The second-order valence-electron chi connectivity index (χ2n) is 6.38. The molecule has 2 heterocycles. The Labute approximate surface area is 166 Å². The molecule has 0 fully saturated rings. The van der Waals surface area contributed by atoms with Crippen LogP contribution in [0, 0.1) is 5.82 Å². The molecular formula is C19H22F4N4O2. The van der Waals surface area contributed by atoms with Gasteiger partial charge in [0.25, 0.3) is 0 Å². The molecule has 0 aromatic carbocycles. The normalized spacial score (nSPS) is 16.1. The quantitative estimate of drug-likeness (QED) is 0.378. The summed E-state index contributed by atoms with van der Waals surface area (Å²) in [6.45, 7) is 2.93. The van der Waals surface area contributed by atoms with E-state index in [0.29, 0.717) is 24.1 Å². The van der Waals surface area contributed by atoms with Crippen molar-refractivity contribution in [3.8, 4) is 0 Å². The van der Waals surface area contributed by atoms with E-state index in [9.17, 15) is 22.4 Å². The zero-order valence-electron chi connectivity index (χ0n) is 16.2. The van der Waals surface area contributed by atoms with E-state index in [2.05, 4.69) is 15.1 Å². The highest BCUT2D eigenvalue weighted by Crippen LogP contribution is 2.20. The number of allylic oxidation sites excluding steroid dienone is 1. The highest BCUT2D eigenvalue weighted by Gasteiger charge is 2.27. The third-order valence-corrected chi connectivity index (χ3v) is 4.05. The summed E-state index contributed by atoms with van der Waals surface area (Å²) in [6, 6.07) is 1.28. The fourth-order valence-electron chi connectivity index (χ4n) is 2.56. The molecule has 1 aromatic rings. The molecule has 1 aromatic heterocycles. The lowest BCUT2D eigenvalue weighted by atomic mass is 10.0. The number of aromatic nitrogens is 1. The van der Waals surface area contributed by atoms with Crippen LogP contribution >= 0.6 is 0 Å². The van der Waals surface area contributed by atoms with E-state index >= 15 is 0 Å². The van der Waals surface area contributed by atoms with Gasteiger partial charge in [-0.05, 0) is 23.6 Å². The lowest BCUT2D eigenvalue weighted by Crippen LogP contribution is -2.31. The second-order valence-corrected chi connectivity index (χ2v) is 6.38. The van der Waals surface area contributed by atoms with Crippen LogP contribution in [0.15, 0.2) is 40.3 Å². The Morgan fingerprint density at radius 3 is 2.76 bits per heavy atom. The summed E-state index contributed by atoms with van der Waals surface area (Å²) >= 11 is 0. The van der Waals surface area contributed by atoms with Crippen LogP contribution in [-0.2, 0) is 16.1 Å². The summed E-state index contributed by atoms with van der Waals surface area (Å²) in [5.74, 6) is -0.584. The number of halogens is 4. The number of carbonyl (C=O) groups is 1. The molecule has 0 spiro atoms. The number of nitrogens with zero attached hydrogens (tertiary/aromatic N) is 4. The number of alkyl halides is 3. The standard InChI is InChI=1S/C19H22F4N4O2/c1-3-15(10-25-13(2)29-7-6-19(21,22)23)17-4-5-18(28)27(26-17)12-14-8-16(20)11-24-9-14/h8-11H,3-7,12H2,1-2H3/b15-10+,25-13+. The number of rotatable bonds is 7. The molecule has 0 bridgehead atoms. The molecule has 1 aliphatic heterocycles.